The topological polar surface area (TPSA) is 34.1 Å². The second kappa shape index (κ2) is 4.07. The molecule has 0 radical (unpaired) electrons. The van der Waals surface area contributed by atoms with Crippen LogP contribution >= 0.6 is 12.6 Å². The number of rotatable bonds is 3. The first-order chi connectivity index (χ1) is 5.79. The third-order valence-corrected chi connectivity index (χ3v) is 2.13. The molecule has 0 saturated carbocycles. The summed E-state index contributed by atoms with van der Waals surface area (Å²) < 4.78 is 0. The minimum absolute atomic E-state index is 0.306. The fourth-order valence-electron chi connectivity index (χ4n) is 0.961. The molecular formula is C9H8O2S. The van der Waals surface area contributed by atoms with Gasteiger partial charge in [-0.1, -0.05) is 18.2 Å². The van der Waals surface area contributed by atoms with Crippen molar-refractivity contribution in [3.63, 3.8) is 0 Å². The van der Waals surface area contributed by atoms with Crippen molar-refractivity contribution in [2.45, 2.75) is 11.3 Å². The van der Waals surface area contributed by atoms with Crippen LogP contribution in [0.1, 0.15) is 15.9 Å². The second-order valence-corrected chi connectivity index (χ2v) is 2.79. The molecule has 0 atom stereocenters. The van der Waals surface area contributed by atoms with Crippen molar-refractivity contribution in [1.29, 1.82) is 0 Å². The van der Waals surface area contributed by atoms with Crippen molar-refractivity contribution in [3.05, 3.63) is 29.3 Å². The average Bonchev–Trinajstić information content (AvgIpc) is 2.09. The molecule has 0 bridgehead atoms. The molecule has 0 saturated heterocycles. The van der Waals surface area contributed by atoms with Crippen LogP contribution in [0.2, 0.25) is 0 Å². The predicted molar refractivity (Wildman–Crippen MR) is 48.8 cm³/mol. The first-order valence-electron chi connectivity index (χ1n) is 3.49. The van der Waals surface area contributed by atoms with Gasteiger partial charge in [0.05, 0.1) is 0 Å². The van der Waals surface area contributed by atoms with Gasteiger partial charge in [0.1, 0.15) is 6.29 Å². The standard InChI is InChI=1S/C9H8O2S/c10-5-4-7-2-1-3-8(6-11)9(7)12/h1-3,5-6,12H,4H2. The lowest BCUT2D eigenvalue weighted by Crippen LogP contribution is -1.92. The molecule has 12 heavy (non-hydrogen) atoms. The molecule has 0 N–H and O–H groups in total. The highest BCUT2D eigenvalue weighted by Crippen LogP contribution is 2.17. The van der Waals surface area contributed by atoms with Gasteiger partial charge in [-0.2, -0.15) is 0 Å². The first-order valence-corrected chi connectivity index (χ1v) is 3.94. The van der Waals surface area contributed by atoms with Crippen molar-refractivity contribution in [2.24, 2.45) is 0 Å². The molecule has 62 valence electrons. The van der Waals surface area contributed by atoms with Crippen LogP contribution in [0.15, 0.2) is 23.1 Å². The summed E-state index contributed by atoms with van der Waals surface area (Å²) in [6.45, 7) is 0. The maximum absolute atomic E-state index is 10.4. The lowest BCUT2D eigenvalue weighted by molar-refractivity contribution is -0.107. The van der Waals surface area contributed by atoms with Crippen LogP contribution in [-0.2, 0) is 11.2 Å². The molecular weight excluding hydrogens is 172 g/mol. The molecule has 1 aromatic carbocycles. The van der Waals surface area contributed by atoms with Crippen LogP contribution < -0.4 is 0 Å². The largest absolute Gasteiger partial charge is 0.303 e. The number of aldehydes is 2. The van der Waals surface area contributed by atoms with Crippen LogP contribution in [0, 0.1) is 0 Å². The molecule has 3 heteroatoms. The van der Waals surface area contributed by atoms with Gasteiger partial charge in [-0.25, -0.2) is 0 Å². The van der Waals surface area contributed by atoms with Gasteiger partial charge in [0.25, 0.3) is 0 Å². The van der Waals surface area contributed by atoms with E-state index in [1.165, 1.54) is 0 Å². The lowest BCUT2D eigenvalue weighted by Gasteiger charge is -2.01. The van der Waals surface area contributed by atoms with Gasteiger partial charge in [0.15, 0.2) is 6.29 Å². The van der Waals surface area contributed by atoms with Crippen molar-refractivity contribution >= 4 is 25.2 Å². The van der Waals surface area contributed by atoms with Gasteiger partial charge in [-0.15, -0.1) is 12.6 Å². The van der Waals surface area contributed by atoms with Gasteiger partial charge in [-0.3, -0.25) is 4.79 Å². The Balaban J connectivity index is 3.12. The number of benzene rings is 1. The van der Waals surface area contributed by atoms with Crippen molar-refractivity contribution < 1.29 is 9.59 Å². The van der Waals surface area contributed by atoms with E-state index in [9.17, 15) is 9.59 Å². The molecule has 0 aliphatic carbocycles. The fourth-order valence-corrected chi connectivity index (χ4v) is 1.25. The van der Waals surface area contributed by atoms with E-state index in [4.69, 9.17) is 0 Å². The van der Waals surface area contributed by atoms with Crippen LogP contribution in [0.25, 0.3) is 0 Å². The quantitative estimate of drug-likeness (QED) is 0.565. The van der Waals surface area contributed by atoms with Crippen molar-refractivity contribution in [1.82, 2.24) is 0 Å². The Kier molecular flexibility index (Phi) is 3.05. The highest BCUT2D eigenvalue weighted by molar-refractivity contribution is 7.80. The summed E-state index contributed by atoms with van der Waals surface area (Å²) >= 11 is 4.14. The number of carbonyl (C=O) groups excluding carboxylic acids is 2. The minimum Gasteiger partial charge on any atom is -0.303 e. The third kappa shape index (κ3) is 1.74. The molecule has 0 aromatic heterocycles. The fraction of sp³-hybridized carbons (Fsp3) is 0.111. The van der Waals surface area contributed by atoms with E-state index >= 15 is 0 Å². The Morgan fingerprint density at radius 2 is 2.08 bits per heavy atom. The van der Waals surface area contributed by atoms with Gasteiger partial charge in [0.2, 0.25) is 0 Å². The Morgan fingerprint density at radius 3 is 2.67 bits per heavy atom. The third-order valence-electron chi connectivity index (χ3n) is 1.58. The predicted octanol–water partition coefficient (Wildman–Crippen LogP) is 1.53. The second-order valence-electron chi connectivity index (χ2n) is 2.34. The first kappa shape index (κ1) is 9.00. The Bertz CT molecular complexity index is 307. The van der Waals surface area contributed by atoms with E-state index in [-0.39, 0.29) is 0 Å². The van der Waals surface area contributed by atoms with Crippen LogP contribution in [0.4, 0.5) is 0 Å². The minimum atomic E-state index is 0.306. The Labute approximate surface area is 76.0 Å². The summed E-state index contributed by atoms with van der Waals surface area (Å²) in [5.41, 5.74) is 1.32. The normalized spacial score (nSPS) is 9.42. The summed E-state index contributed by atoms with van der Waals surface area (Å²) in [4.78, 5) is 21.2. The summed E-state index contributed by atoms with van der Waals surface area (Å²) in [6.07, 6.45) is 1.83. The van der Waals surface area contributed by atoms with Crippen LogP contribution in [0.3, 0.4) is 0 Å². The molecule has 0 heterocycles. The van der Waals surface area contributed by atoms with Crippen molar-refractivity contribution in [2.75, 3.05) is 0 Å². The molecule has 2 nitrogen and oxygen atoms in total. The summed E-state index contributed by atoms with van der Waals surface area (Å²) in [5, 5.41) is 0. The van der Waals surface area contributed by atoms with Crippen LogP contribution in [-0.4, -0.2) is 12.6 Å². The smallest absolute Gasteiger partial charge is 0.151 e. The van der Waals surface area contributed by atoms with Crippen LogP contribution in [0.5, 0.6) is 0 Å². The molecule has 0 unspecified atom stereocenters. The Hall–Kier alpha value is -1.09. The maximum Gasteiger partial charge on any atom is 0.151 e. The maximum atomic E-state index is 10.4. The average molecular weight is 180 g/mol. The van der Waals surface area contributed by atoms with E-state index in [1.54, 1.807) is 18.2 Å². The summed E-state index contributed by atoms with van der Waals surface area (Å²) in [7, 11) is 0. The number of hydrogen-bond donors (Lipinski definition) is 1. The molecule has 0 fully saturated rings. The van der Waals surface area contributed by atoms with E-state index in [0.29, 0.717) is 16.9 Å². The van der Waals surface area contributed by atoms with Gasteiger partial charge in [0, 0.05) is 16.9 Å². The van der Waals surface area contributed by atoms with Gasteiger partial charge < -0.3 is 4.79 Å². The highest BCUT2D eigenvalue weighted by Gasteiger charge is 2.02. The Morgan fingerprint density at radius 1 is 1.33 bits per heavy atom. The zero-order chi connectivity index (χ0) is 8.97. The van der Waals surface area contributed by atoms with Gasteiger partial charge in [-0.05, 0) is 5.56 Å². The number of carbonyl (C=O) groups is 2. The number of hydrogen-bond acceptors (Lipinski definition) is 3. The van der Waals surface area contributed by atoms with E-state index in [1.807, 2.05) is 0 Å². The molecule has 1 aromatic rings. The molecule has 0 amide bonds. The van der Waals surface area contributed by atoms with E-state index in [0.717, 1.165) is 18.1 Å². The van der Waals surface area contributed by atoms with Crippen molar-refractivity contribution in [3.8, 4) is 0 Å². The number of thiol groups is 1. The SMILES string of the molecule is O=CCc1cccc(C=O)c1S. The van der Waals surface area contributed by atoms with E-state index in [2.05, 4.69) is 12.6 Å². The molecule has 0 spiro atoms. The summed E-state index contributed by atoms with van der Waals surface area (Å²) in [5.74, 6) is 0. The molecule has 0 aliphatic heterocycles. The van der Waals surface area contributed by atoms with Gasteiger partial charge >= 0.3 is 0 Å². The lowest BCUT2D eigenvalue weighted by atomic mass is 10.1. The molecule has 0 aliphatic rings. The van der Waals surface area contributed by atoms with E-state index < -0.39 is 0 Å². The zero-order valence-electron chi connectivity index (χ0n) is 6.36. The summed E-state index contributed by atoms with van der Waals surface area (Å²) in [6, 6.07) is 5.19. The monoisotopic (exact) mass is 180 g/mol. The highest BCUT2D eigenvalue weighted by atomic mass is 32.1. The molecule has 1 rings (SSSR count). The zero-order valence-corrected chi connectivity index (χ0v) is 7.25.